The monoisotopic (exact) mass is 262 g/mol. The quantitative estimate of drug-likeness (QED) is 0.827. The Morgan fingerprint density at radius 3 is 3.21 bits per heavy atom. The molecular formula is C13H18N4O2. The fourth-order valence-electron chi connectivity index (χ4n) is 2.75. The summed E-state index contributed by atoms with van der Waals surface area (Å²) in [7, 11) is 0. The Hall–Kier alpha value is -1.69. The van der Waals surface area contributed by atoms with Crippen LogP contribution in [0.2, 0.25) is 0 Å². The molecule has 3 heterocycles. The summed E-state index contributed by atoms with van der Waals surface area (Å²) in [6, 6.07) is 0. The van der Waals surface area contributed by atoms with Crippen molar-refractivity contribution in [1.29, 1.82) is 0 Å². The van der Waals surface area contributed by atoms with E-state index in [1.807, 2.05) is 6.20 Å². The Bertz CT molecular complexity index is 618. The van der Waals surface area contributed by atoms with Gasteiger partial charge in [-0.2, -0.15) is 0 Å². The average molecular weight is 262 g/mol. The Morgan fingerprint density at radius 1 is 1.47 bits per heavy atom. The molecule has 2 atom stereocenters. The van der Waals surface area contributed by atoms with Crippen molar-refractivity contribution in [2.45, 2.75) is 38.8 Å². The predicted molar refractivity (Wildman–Crippen MR) is 70.0 cm³/mol. The molecule has 0 saturated carbocycles. The molecule has 2 aromatic heterocycles. The van der Waals surface area contributed by atoms with Crippen molar-refractivity contribution < 1.29 is 4.74 Å². The lowest BCUT2D eigenvalue weighted by molar-refractivity contribution is 0.0786. The summed E-state index contributed by atoms with van der Waals surface area (Å²) in [6.07, 6.45) is 8.65. The van der Waals surface area contributed by atoms with E-state index < -0.39 is 0 Å². The van der Waals surface area contributed by atoms with E-state index in [1.54, 1.807) is 21.5 Å². The highest BCUT2D eigenvalue weighted by atomic mass is 16.5. The number of aromatic nitrogens is 4. The summed E-state index contributed by atoms with van der Waals surface area (Å²) in [6.45, 7) is 3.66. The lowest BCUT2D eigenvalue weighted by Crippen LogP contribution is -2.28. The second-order valence-electron chi connectivity index (χ2n) is 5.06. The van der Waals surface area contributed by atoms with Crippen LogP contribution in [0.1, 0.15) is 26.2 Å². The van der Waals surface area contributed by atoms with Crippen LogP contribution in [-0.2, 0) is 11.3 Å². The molecule has 0 radical (unpaired) electrons. The van der Waals surface area contributed by atoms with Crippen molar-refractivity contribution in [2.75, 3.05) is 6.61 Å². The van der Waals surface area contributed by atoms with Gasteiger partial charge in [0.2, 0.25) is 5.65 Å². The Labute approximate surface area is 111 Å². The molecule has 0 amide bonds. The Balaban J connectivity index is 1.84. The Kier molecular flexibility index (Phi) is 3.33. The van der Waals surface area contributed by atoms with Crippen molar-refractivity contribution in [2.24, 2.45) is 5.92 Å². The lowest BCUT2D eigenvalue weighted by Gasteiger charge is -2.18. The first-order chi connectivity index (χ1) is 9.29. The minimum absolute atomic E-state index is 0.0813. The predicted octanol–water partition coefficient (Wildman–Crippen LogP) is 1.10. The first-order valence-corrected chi connectivity index (χ1v) is 6.80. The van der Waals surface area contributed by atoms with Gasteiger partial charge in [-0.25, -0.2) is 0 Å². The summed E-state index contributed by atoms with van der Waals surface area (Å²) in [4.78, 5) is 12.2. The SMILES string of the molecule is CCCC1OCCC1Cn1ccn2cnnc2c1=O. The first kappa shape index (κ1) is 12.3. The number of rotatable bonds is 4. The van der Waals surface area contributed by atoms with Gasteiger partial charge < -0.3 is 9.30 Å². The van der Waals surface area contributed by atoms with Crippen LogP contribution in [0, 0.1) is 5.92 Å². The third-order valence-corrected chi connectivity index (χ3v) is 3.78. The number of hydrogen-bond donors (Lipinski definition) is 0. The molecular weight excluding hydrogens is 244 g/mol. The lowest BCUT2D eigenvalue weighted by atomic mass is 9.98. The van der Waals surface area contributed by atoms with Crippen LogP contribution in [0.5, 0.6) is 0 Å². The highest BCUT2D eigenvalue weighted by Crippen LogP contribution is 2.25. The highest BCUT2D eigenvalue weighted by Gasteiger charge is 2.28. The molecule has 6 heteroatoms. The van der Waals surface area contributed by atoms with Crippen LogP contribution in [0.25, 0.3) is 5.65 Å². The Morgan fingerprint density at radius 2 is 2.37 bits per heavy atom. The third-order valence-electron chi connectivity index (χ3n) is 3.78. The molecule has 1 aliphatic heterocycles. The number of fused-ring (bicyclic) bond motifs is 1. The van der Waals surface area contributed by atoms with Crippen molar-refractivity contribution >= 4 is 5.65 Å². The summed E-state index contributed by atoms with van der Waals surface area (Å²) < 4.78 is 9.12. The van der Waals surface area contributed by atoms with Crippen LogP contribution in [0.4, 0.5) is 0 Å². The average Bonchev–Trinajstić information content (AvgIpc) is 3.03. The molecule has 2 aromatic rings. The van der Waals surface area contributed by atoms with Crippen molar-refractivity contribution in [3.8, 4) is 0 Å². The van der Waals surface area contributed by atoms with Gasteiger partial charge in [-0.15, -0.1) is 10.2 Å². The molecule has 2 unspecified atom stereocenters. The minimum Gasteiger partial charge on any atom is -0.378 e. The fraction of sp³-hybridized carbons (Fsp3) is 0.615. The van der Waals surface area contributed by atoms with Gasteiger partial charge in [0.15, 0.2) is 0 Å². The third kappa shape index (κ3) is 2.28. The zero-order chi connectivity index (χ0) is 13.2. The van der Waals surface area contributed by atoms with E-state index in [0.29, 0.717) is 18.1 Å². The van der Waals surface area contributed by atoms with E-state index in [0.717, 1.165) is 25.9 Å². The molecule has 3 rings (SSSR count). The standard InChI is InChI=1S/C13H18N4O2/c1-2-3-11-10(4-7-19-11)8-16-5-6-17-9-14-15-12(17)13(16)18/h5-6,9-11H,2-4,7-8H2,1H3. The van der Waals surface area contributed by atoms with Gasteiger partial charge in [0.05, 0.1) is 6.10 Å². The van der Waals surface area contributed by atoms with E-state index in [2.05, 4.69) is 17.1 Å². The molecule has 1 aliphatic rings. The van der Waals surface area contributed by atoms with Crippen LogP contribution in [0.3, 0.4) is 0 Å². The molecule has 0 aliphatic carbocycles. The van der Waals surface area contributed by atoms with Crippen LogP contribution in [0.15, 0.2) is 23.5 Å². The summed E-state index contributed by atoms with van der Waals surface area (Å²) in [5, 5.41) is 7.61. The van der Waals surface area contributed by atoms with Gasteiger partial charge in [0.1, 0.15) is 6.33 Å². The van der Waals surface area contributed by atoms with E-state index in [4.69, 9.17) is 4.74 Å². The van der Waals surface area contributed by atoms with Crippen LogP contribution in [-0.4, -0.2) is 31.9 Å². The van der Waals surface area contributed by atoms with Gasteiger partial charge in [-0.3, -0.25) is 9.20 Å². The molecule has 0 bridgehead atoms. The van der Waals surface area contributed by atoms with E-state index in [9.17, 15) is 4.79 Å². The first-order valence-electron chi connectivity index (χ1n) is 6.80. The zero-order valence-corrected chi connectivity index (χ0v) is 11.0. The van der Waals surface area contributed by atoms with E-state index in [1.165, 1.54) is 0 Å². The summed E-state index contributed by atoms with van der Waals surface area (Å²) >= 11 is 0. The maximum absolute atomic E-state index is 12.2. The minimum atomic E-state index is -0.0813. The van der Waals surface area contributed by atoms with Crippen molar-refractivity contribution in [1.82, 2.24) is 19.2 Å². The molecule has 1 fully saturated rings. The second kappa shape index (κ2) is 5.13. The van der Waals surface area contributed by atoms with Crippen LogP contribution < -0.4 is 5.56 Å². The molecule has 0 spiro atoms. The van der Waals surface area contributed by atoms with E-state index in [-0.39, 0.29) is 11.7 Å². The number of ether oxygens (including phenoxy) is 1. The number of nitrogens with zero attached hydrogens (tertiary/aromatic N) is 4. The fourth-order valence-corrected chi connectivity index (χ4v) is 2.75. The maximum atomic E-state index is 12.2. The topological polar surface area (TPSA) is 61.4 Å². The molecule has 19 heavy (non-hydrogen) atoms. The van der Waals surface area contributed by atoms with Crippen molar-refractivity contribution in [3.63, 3.8) is 0 Å². The summed E-state index contributed by atoms with van der Waals surface area (Å²) in [5.41, 5.74) is 0.301. The molecule has 102 valence electrons. The normalized spacial score (nSPS) is 23.2. The molecule has 6 nitrogen and oxygen atoms in total. The van der Waals surface area contributed by atoms with Gasteiger partial charge in [-0.1, -0.05) is 13.3 Å². The van der Waals surface area contributed by atoms with Gasteiger partial charge >= 0.3 is 0 Å². The largest absolute Gasteiger partial charge is 0.378 e. The second-order valence-corrected chi connectivity index (χ2v) is 5.06. The van der Waals surface area contributed by atoms with Gasteiger partial charge in [0.25, 0.3) is 5.56 Å². The zero-order valence-electron chi connectivity index (χ0n) is 11.0. The van der Waals surface area contributed by atoms with E-state index >= 15 is 0 Å². The van der Waals surface area contributed by atoms with Crippen LogP contribution >= 0.6 is 0 Å². The summed E-state index contributed by atoms with van der Waals surface area (Å²) in [5.74, 6) is 0.419. The molecule has 1 saturated heterocycles. The van der Waals surface area contributed by atoms with Gasteiger partial charge in [-0.05, 0) is 12.8 Å². The molecule has 0 aromatic carbocycles. The smallest absolute Gasteiger partial charge is 0.296 e. The highest BCUT2D eigenvalue weighted by molar-refractivity contribution is 5.32. The van der Waals surface area contributed by atoms with Gasteiger partial charge in [0, 0.05) is 31.5 Å². The number of hydrogen-bond acceptors (Lipinski definition) is 4. The molecule has 0 N–H and O–H groups in total. The maximum Gasteiger partial charge on any atom is 0.296 e. The van der Waals surface area contributed by atoms with Crippen molar-refractivity contribution in [3.05, 3.63) is 29.1 Å².